The maximum absolute atomic E-state index is 12.4. The number of nitrogens with one attached hydrogen (secondary N) is 1. The molecule has 1 aliphatic heterocycles. The molecule has 0 aromatic heterocycles. The molecule has 3 rings (SSSR count). The molecule has 0 saturated carbocycles. The fourth-order valence-electron chi connectivity index (χ4n) is 2.91. The summed E-state index contributed by atoms with van der Waals surface area (Å²) in [6.45, 7) is 2.47. The zero-order valence-electron chi connectivity index (χ0n) is 14.4. The van der Waals surface area contributed by atoms with Gasteiger partial charge in [0.15, 0.2) is 0 Å². The molecule has 0 aliphatic carbocycles. The van der Waals surface area contributed by atoms with Gasteiger partial charge in [0.05, 0.1) is 27.3 Å². The fraction of sp³-hybridized carbons (Fsp3) is 0.263. The predicted molar refractivity (Wildman–Crippen MR) is 109 cm³/mol. The van der Waals surface area contributed by atoms with E-state index < -0.39 is 0 Å². The van der Waals surface area contributed by atoms with Crippen molar-refractivity contribution >= 4 is 52.3 Å². The monoisotopic (exact) mass is 425 g/mol. The molecule has 142 valence electrons. The first-order valence-electron chi connectivity index (χ1n) is 8.46. The average molecular weight is 427 g/mol. The molecule has 0 spiro atoms. The van der Waals surface area contributed by atoms with Gasteiger partial charge < -0.3 is 15.1 Å². The maximum Gasteiger partial charge on any atom is 0.251 e. The molecular formula is C19H18Cl3N3O2. The van der Waals surface area contributed by atoms with Gasteiger partial charge in [-0.15, -0.1) is 0 Å². The molecule has 1 aliphatic rings. The number of para-hydroxylation sites is 1. The van der Waals surface area contributed by atoms with Gasteiger partial charge >= 0.3 is 0 Å². The van der Waals surface area contributed by atoms with Gasteiger partial charge in [-0.25, -0.2) is 0 Å². The van der Waals surface area contributed by atoms with Crippen molar-refractivity contribution in [3.05, 3.63) is 63.1 Å². The second-order valence-electron chi connectivity index (χ2n) is 6.13. The van der Waals surface area contributed by atoms with Gasteiger partial charge in [0.2, 0.25) is 5.91 Å². The molecule has 2 aromatic rings. The number of halogens is 3. The summed E-state index contributed by atoms with van der Waals surface area (Å²) < 4.78 is 0. The number of carbonyl (C=O) groups is 2. The van der Waals surface area contributed by atoms with Crippen LogP contribution in [0.3, 0.4) is 0 Å². The van der Waals surface area contributed by atoms with E-state index in [-0.39, 0.29) is 18.4 Å². The van der Waals surface area contributed by atoms with Crippen molar-refractivity contribution in [2.45, 2.75) is 0 Å². The van der Waals surface area contributed by atoms with Crippen LogP contribution in [0.25, 0.3) is 0 Å². The molecule has 0 bridgehead atoms. The number of amides is 2. The first-order chi connectivity index (χ1) is 13.0. The average Bonchev–Trinajstić information content (AvgIpc) is 2.68. The summed E-state index contributed by atoms with van der Waals surface area (Å²) in [5.41, 5.74) is 1.33. The third kappa shape index (κ3) is 4.86. The van der Waals surface area contributed by atoms with Crippen LogP contribution >= 0.6 is 34.8 Å². The van der Waals surface area contributed by atoms with Gasteiger partial charge in [0.25, 0.3) is 5.91 Å². The number of piperazine rings is 1. The molecule has 1 saturated heterocycles. The zero-order valence-corrected chi connectivity index (χ0v) is 16.7. The van der Waals surface area contributed by atoms with E-state index in [0.29, 0.717) is 46.8 Å². The van der Waals surface area contributed by atoms with Crippen LogP contribution in [-0.4, -0.2) is 49.4 Å². The molecule has 0 radical (unpaired) electrons. The van der Waals surface area contributed by atoms with Crippen molar-refractivity contribution in [2.24, 2.45) is 0 Å². The van der Waals surface area contributed by atoms with Gasteiger partial charge in [-0.05, 0) is 30.3 Å². The molecule has 8 heteroatoms. The minimum atomic E-state index is -0.364. The standard InChI is InChI=1S/C19H18Cl3N3O2/c20-14-6-5-13(11-16(14)22)19(27)23-12-18(26)25-9-7-24(8-10-25)17-4-2-1-3-15(17)21/h1-6,11H,7-10,12H2,(H,23,27). The number of hydrogen-bond acceptors (Lipinski definition) is 3. The summed E-state index contributed by atoms with van der Waals surface area (Å²) in [4.78, 5) is 28.4. The maximum atomic E-state index is 12.4. The molecule has 2 aromatic carbocycles. The molecule has 0 atom stereocenters. The Balaban J connectivity index is 1.50. The molecular weight excluding hydrogens is 409 g/mol. The van der Waals surface area contributed by atoms with Crippen LogP contribution < -0.4 is 10.2 Å². The van der Waals surface area contributed by atoms with E-state index in [0.717, 1.165) is 5.69 Å². The quantitative estimate of drug-likeness (QED) is 0.810. The summed E-state index contributed by atoms with van der Waals surface area (Å²) in [5, 5.41) is 4.00. The van der Waals surface area contributed by atoms with Crippen molar-refractivity contribution in [1.82, 2.24) is 10.2 Å². The van der Waals surface area contributed by atoms with E-state index in [4.69, 9.17) is 34.8 Å². The van der Waals surface area contributed by atoms with Gasteiger partial charge in [-0.2, -0.15) is 0 Å². The second-order valence-corrected chi connectivity index (χ2v) is 7.35. The topological polar surface area (TPSA) is 52.7 Å². The van der Waals surface area contributed by atoms with E-state index >= 15 is 0 Å². The summed E-state index contributed by atoms with van der Waals surface area (Å²) in [6.07, 6.45) is 0. The lowest BCUT2D eigenvalue weighted by molar-refractivity contribution is -0.130. The van der Waals surface area contributed by atoms with Crippen molar-refractivity contribution in [2.75, 3.05) is 37.6 Å². The lowest BCUT2D eigenvalue weighted by Crippen LogP contribution is -2.51. The smallest absolute Gasteiger partial charge is 0.251 e. The van der Waals surface area contributed by atoms with Gasteiger partial charge in [-0.1, -0.05) is 46.9 Å². The summed E-state index contributed by atoms with van der Waals surface area (Å²) in [7, 11) is 0. The highest BCUT2D eigenvalue weighted by Crippen LogP contribution is 2.26. The number of nitrogens with zero attached hydrogens (tertiary/aromatic N) is 2. The molecule has 1 heterocycles. The minimum absolute atomic E-state index is 0.0643. The third-order valence-corrected chi connectivity index (χ3v) is 5.47. The van der Waals surface area contributed by atoms with Crippen molar-refractivity contribution in [1.29, 1.82) is 0 Å². The lowest BCUT2D eigenvalue weighted by atomic mass is 10.2. The summed E-state index contributed by atoms with van der Waals surface area (Å²) in [5.74, 6) is -0.487. The summed E-state index contributed by atoms with van der Waals surface area (Å²) >= 11 is 18.0. The summed E-state index contributed by atoms with van der Waals surface area (Å²) in [6, 6.07) is 12.3. The Hall–Kier alpha value is -1.95. The number of carbonyl (C=O) groups excluding carboxylic acids is 2. The predicted octanol–water partition coefficient (Wildman–Crippen LogP) is 3.73. The highest BCUT2D eigenvalue weighted by molar-refractivity contribution is 6.42. The normalized spacial score (nSPS) is 14.2. The van der Waals surface area contributed by atoms with E-state index in [2.05, 4.69) is 10.2 Å². The fourth-order valence-corrected chi connectivity index (χ4v) is 3.47. The first-order valence-corrected chi connectivity index (χ1v) is 9.59. The SMILES string of the molecule is O=C(NCC(=O)N1CCN(c2ccccc2Cl)CC1)c1ccc(Cl)c(Cl)c1. The van der Waals surface area contributed by atoms with Gasteiger partial charge in [0.1, 0.15) is 0 Å². The van der Waals surface area contributed by atoms with E-state index in [9.17, 15) is 9.59 Å². The van der Waals surface area contributed by atoms with E-state index in [1.807, 2.05) is 24.3 Å². The van der Waals surface area contributed by atoms with Crippen LogP contribution in [0, 0.1) is 0 Å². The van der Waals surface area contributed by atoms with Crippen molar-refractivity contribution in [3.63, 3.8) is 0 Å². The zero-order chi connectivity index (χ0) is 19.4. The van der Waals surface area contributed by atoms with E-state index in [1.165, 1.54) is 6.07 Å². The van der Waals surface area contributed by atoms with Crippen molar-refractivity contribution < 1.29 is 9.59 Å². The number of hydrogen-bond donors (Lipinski definition) is 1. The number of rotatable bonds is 4. The van der Waals surface area contributed by atoms with Crippen LogP contribution in [0.1, 0.15) is 10.4 Å². The second kappa shape index (κ2) is 8.83. The largest absolute Gasteiger partial charge is 0.367 e. The van der Waals surface area contributed by atoms with Gasteiger partial charge in [0, 0.05) is 31.7 Å². The Morgan fingerprint density at radius 1 is 0.889 bits per heavy atom. The number of benzene rings is 2. The lowest BCUT2D eigenvalue weighted by Gasteiger charge is -2.36. The third-order valence-electron chi connectivity index (χ3n) is 4.41. The van der Waals surface area contributed by atoms with Gasteiger partial charge in [-0.3, -0.25) is 9.59 Å². The minimum Gasteiger partial charge on any atom is -0.367 e. The highest BCUT2D eigenvalue weighted by Gasteiger charge is 2.22. The molecule has 2 amide bonds. The highest BCUT2D eigenvalue weighted by atomic mass is 35.5. The Labute approximate surface area is 172 Å². The van der Waals surface area contributed by atoms with Crippen LogP contribution in [0.2, 0.25) is 15.1 Å². The molecule has 0 unspecified atom stereocenters. The first kappa shape index (κ1) is 19.8. The molecule has 1 N–H and O–H groups in total. The molecule has 27 heavy (non-hydrogen) atoms. The Morgan fingerprint density at radius 3 is 2.26 bits per heavy atom. The number of anilines is 1. The Morgan fingerprint density at radius 2 is 1.59 bits per heavy atom. The van der Waals surface area contributed by atoms with Crippen LogP contribution in [0.5, 0.6) is 0 Å². The molecule has 1 fully saturated rings. The Kier molecular flexibility index (Phi) is 6.47. The van der Waals surface area contributed by atoms with Crippen LogP contribution in [-0.2, 0) is 4.79 Å². The van der Waals surface area contributed by atoms with Crippen LogP contribution in [0.4, 0.5) is 5.69 Å². The Bertz CT molecular complexity index is 852. The van der Waals surface area contributed by atoms with E-state index in [1.54, 1.807) is 17.0 Å². The van der Waals surface area contributed by atoms with Crippen LogP contribution in [0.15, 0.2) is 42.5 Å². The van der Waals surface area contributed by atoms with Crippen molar-refractivity contribution in [3.8, 4) is 0 Å². The molecule has 5 nitrogen and oxygen atoms in total.